The number of hydrogen-bond acceptors (Lipinski definition) is 4. The molecule has 2 aromatic rings. The molecule has 0 unspecified atom stereocenters. The van der Waals surface area contributed by atoms with E-state index in [1.807, 2.05) is 11.8 Å². The Bertz CT molecular complexity index is 752. The van der Waals surface area contributed by atoms with Crippen LogP contribution in [0.4, 0.5) is 0 Å². The van der Waals surface area contributed by atoms with Crippen molar-refractivity contribution < 1.29 is 9.21 Å². The molecule has 22 heavy (non-hydrogen) atoms. The van der Waals surface area contributed by atoms with Gasteiger partial charge in [0.25, 0.3) is 0 Å². The molecule has 1 atom stereocenters. The minimum atomic E-state index is -0.460. The number of halogens is 1. The van der Waals surface area contributed by atoms with Crippen molar-refractivity contribution in [1.82, 2.24) is 14.8 Å². The third-order valence-corrected chi connectivity index (χ3v) is 4.24. The van der Waals surface area contributed by atoms with Gasteiger partial charge in [-0.15, -0.1) is 0 Å². The second-order valence-corrected chi connectivity index (χ2v) is 5.96. The van der Waals surface area contributed by atoms with E-state index in [4.69, 9.17) is 16.0 Å². The lowest BCUT2D eigenvalue weighted by atomic mass is 10.2. The van der Waals surface area contributed by atoms with Crippen molar-refractivity contribution in [1.29, 1.82) is 0 Å². The van der Waals surface area contributed by atoms with Crippen molar-refractivity contribution in [3.63, 3.8) is 0 Å². The standard InChI is InChI=1S/C15H18ClN3O3/c1-10-9-17-5-7-18(10)14(20)4-6-19-12-3-2-11(16)8-13(12)22-15(19)21/h2-3,8,10,17H,4-7,9H2,1H3/t10-/m1/s1. The zero-order valence-electron chi connectivity index (χ0n) is 12.3. The summed E-state index contributed by atoms with van der Waals surface area (Å²) < 4.78 is 6.65. The lowest BCUT2D eigenvalue weighted by Gasteiger charge is -2.34. The average molecular weight is 324 g/mol. The van der Waals surface area contributed by atoms with Crippen LogP contribution >= 0.6 is 11.6 Å². The Balaban J connectivity index is 1.75. The van der Waals surface area contributed by atoms with E-state index in [0.29, 0.717) is 29.2 Å². The monoisotopic (exact) mass is 323 g/mol. The van der Waals surface area contributed by atoms with Crippen LogP contribution in [0.2, 0.25) is 5.02 Å². The molecular formula is C15H18ClN3O3. The zero-order chi connectivity index (χ0) is 15.7. The molecule has 0 aliphatic carbocycles. The Morgan fingerprint density at radius 2 is 2.32 bits per heavy atom. The van der Waals surface area contributed by atoms with Gasteiger partial charge in [-0.2, -0.15) is 0 Å². The van der Waals surface area contributed by atoms with E-state index in [-0.39, 0.29) is 18.4 Å². The largest absolute Gasteiger partial charge is 0.419 e. The molecule has 1 aliphatic heterocycles. The number of aromatic nitrogens is 1. The Morgan fingerprint density at radius 1 is 1.50 bits per heavy atom. The van der Waals surface area contributed by atoms with Crippen LogP contribution < -0.4 is 11.1 Å². The number of carbonyl (C=O) groups excluding carboxylic acids is 1. The van der Waals surface area contributed by atoms with Crippen LogP contribution in [-0.4, -0.2) is 41.1 Å². The van der Waals surface area contributed by atoms with Gasteiger partial charge in [-0.25, -0.2) is 4.79 Å². The number of fused-ring (bicyclic) bond motifs is 1. The third-order valence-electron chi connectivity index (χ3n) is 4.00. The lowest BCUT2D eigenvalue weighted by molar-refractivity contribution is -0.134. The quantitative estimate of drug-likeness (QED) is 0.928. The van der Waals surface area contributed by atoms with Gasteiger partial charge in [0.05, 0.1) is 5.52 Å². The van der Waals surface area contributed by atoms with Gasteiger partial charge in [0.15, 0.2) is 5.58 Å². The minimum Gasteiger partial charge on any atom is -0.408 e. The SMILES string of the molecule is C[C@@H]1CNCCN1C(=O)CCn1c(=O)oc2cc(Cl)ccc21. The molecule has 0 radical (unpaired) electrons. The number of nitrogens with zero attached hydrogens (tertiary/aromatic N) is 2. The van der Waals surface area contributed by atoms with E-state index in [0.717, 1.165) is 13.1 Å². The Labute approximate surface area is 132 Å². The molecule has 3 rings (SSSR count). The topological polar surface area (TPSA) is 67.5 Å². The fraction of sp³-hybridized carbons (Fsp3) is 0.467. The molecule has 7 heteroatoms. The van der Waals surface area contributed by atoms with Gasteiger partial charge < -0.3 is 14.6 Å². The van der Waals surface area contributed by atoms with Crippen molar-refractivity contribution in [3.8, 4) is 0 Å². The fourth-order valence-electron chi connectivity index (χ4n) is 2.81. The van der Waals surface area contributed by atoms with Crippen LogP contribution in [0.5, 0.6) is 0 Å². The summed E-state index contributed by atoms with van der Waals surface area (Å²) in [5.41, 5.74) is 1.11. The van der Waals surface area contributed by atoms with Crippen molar-refractivity contribution in [2.45, 2.75) is 25.9 Å². The fourth-order valence-corrected chi connectivity index (χ4v) is 2.98. The van der Waals surface area contributed by atoms with Crippen molar-refractivity contribution in [2.75, 3.05) is 19.6 Å². The third kappa shape index (κ3) is 2.89. The summed E-state index contributed by atoms with van der Waals surface area (Å²) in [7, 11) is 0. The van der Waals surface area contributed by atoms with Crippen LogP contribution in [0.3, 0.4) is 0 Å². The maximum Gasteiger partial charge on any atom is 0.419 e. The van der Waals surface area contributed by atoms with E-state index in [1.54, 1.807) is 18.2 Å². The van der Waals surface area contributed by atoms with Gasteiger partial charge in [0.1, 0.15) is 0 Å². The summed E-state index contributed by atoms with van der Waals surface area (Å²) in [6.45, 7) is 4.65. The second kappa shape index (κ2) is 6.14. The summed E-state index contributed by atoms with van der Waals surface area (Å²) in [4.78, 5) is 26.1. The van der Waals surface area contributed by atoms with Crippen LogP contribution in [0.15, 0.2) is 27.4 Å². The molecule has 0 spiro atoms. The number of benzene rings is 1. The summed E-state index contributed by atoms with van der Waals surface area (Å²) in [5.74, 6) is -0.400. The summed E-state index contributed by atoms with van der Waals surface area (Å²) in [6, 6.07) is 5.23. The molecule has 1 N–H and O–H groups in total. The number of piperazine rings is 1. The second-order valence-electron chi connectivity index (χ2n) is 5.52. The number of oxazole rings is 1. The number of nitrogens with one attached hydrogen (secondary N) is 1. The maximum atomic E-state index is 12.3. The zero-order valence-corrected chi connectivity index (χ0v) is 13.1. The molecule has 2 heterocycles. The number of aryl methyl sites for hydroxylation is 1. The van der Waals surface area contributed by atoms with Crippen LogP contribution in [0, 0.1) is 0 Å². The Morgan fingerprint density at radius 3 is 3.09 bits per heavy atom. The molecule has 1 saturated heterocycles. The van der Waals surface area contributed by atoms with Gasteiger partial charge >= 0.3 is 5.76 Å². The van der Waals surface area contributed by atoms with E-state index in [1.165, 1.54) is 4.57 Å². The lowest BCUT2D eigenvalue weighted by Crippen LogP contribution is -2.52. The molecular weight excluding hydrogens is 306 g/mol. The first-order valence-corrected chi connectivity index (χ1v) is 7.73. The normalized spacial score (nSPS) is 18.8. The van der Waals surface area contributed by atoms with E-state index in [9.17, 15) is 9.59 Å². The molecule has 6 nitrogen and oxygen atoms in total. The highest BCUT2D eigenvalue weighted by molar-refractivity contribution is 6.31. The molecule has 1 aliphatic rings. The van der Waals surface area contributed by atoms with Gasteiger partial charge in [0, 0.05) is 49.7 Å². The van der Waals surface area contributed by atoms with Gasteiger partial charge in [-0.1, -0.05) is 11.6 Å². The molecule has 1 aromatic carbocycles. The van der Waals surface area contributed by atoms with Crippen LogP contribution in [0.1, 0.15) is 13.3 Å². The predicted molar refractivity (Wildman–Crippen MR) is 84.1 cm³/mol. The van der Waals surface area contributed by atoms with Gasteiger partial charge in [-0.3, -0.25) is 9.36 Å². The van der Waals surface area contributed by atoms with Gasteiger partial charge in [-0.05, 0) is 19.1 Å². The van der Waals surface area contributed by atoms with Crippen molar-refractivity contribution in [2.24, 2.45) is 0 Å². The van der Waals surface area contributed by atoms with E-state index in [2.05, 4.69) is 5.32 Å². The Kier molecular flexibility index (Phi) is 4.22. The predicted octanol–water partition coefficient (Wildman–Crippen LogP) is 1.46. The summed E-state index contributed by atoms with van der Waals surface area (Å²) in [5, 5.41) is 3.76. The molecule has 1 aromatic heterocycles. The first kappa shape index (κ1) is 15.1. The van der Waals surface area contributed by atoms with Crippen LogP contribution in [0.25, 0.3) is 11.1 Å². The molecule has 1 amide bonds. The minimum absolute atomic E-state index is 0.0595. The molecule has 1 fully saturated rings. The summed E-state index contributed by atoms with van der Waals surface area (Å²) in [6.07, 6.45) is 0.279. The van der Waals surface area contributed by atoms with Gasteiger partial charge in [0.2, 0.25) is 5.91 Å². The first-order chi connectivity index (χ1) is 10.6. The smallest absolute Gasteiger partial charge is 0.408 e. The first-order valence-electron chi connectivity index (χ1n) is 7.35. The number of carbonyl (C=O) groups is 1. The van der Waals surface area contributed by atoms with E-state index >= 15 is 0 Å². The van der Waals surface area contributed by atoms with Crippen LogP contribution in [-0.2, 0) is 11.3 Å². The average Bonchev–Trinajstić information content (AvgIpc) is 2.79. The number of hydrogen-bond donors (Lipinski definition) is 1. The molecule has 0 bridgehead atoms. The molecule has 0 saturated carbocycles. The summed E-state index contributed by atoms with van der Waals surface area (Å²) >= 11 is 5.89. The van der Waals surface area contributed by atoms with E-state index < -0.39 is 5.76 Å². The van der Waals surface area contributed by atoms with Crippen molar-refractivity contribution >= 4 is 28.6 Å². The Hall–Kier alpha value is -1.79. The van der Waals surface area contributed by atoms with Crippen molar-refractivity contribution in [3.05, 3.63) is 33.8 Å². The highest BCUT2D eigenvalue weighted by atomic mass is 35.5. The highest BCUT2D eigenvalue weighted by Crippen LogP contribution is 2.18. The molecule has 118 valence electrons. The maximum absolute atomic E-state index is 12.3. The number of amides is 1. The number of rotatable bonds is 3. The highest BCUT2D eigenvalue weighted by Gasteiger charge is 2.23.